The van der Waals surface area contributed by atoms with E-state index in [4.69, 9.17) is 10.5 Å². The van der Waals surface area contributed by atoms with E-state index in [2.05, 4.69) is 18.2 Å². The molecule has 2 N–H and O–H groups in total. The number of ether oxygens (including phenoxy) is 1. The Hall–Kier alpha value is -1.35. The molecule has 1 aliphatic carbocycles. The molecule has 0 aliphatic heterocycles. The van der Waals surface area contributed by atoms with Gasteiger partial charge in [0.25, 0.3) is 0 Å². The van der Waals surface area contributed by atoms with Crippen molar-refractivity contribution in [2.45, 2.75) is 45.1 Å². The third-order valence-electron chi connectivity index (χ3n) is 3.52. The number of rotatable bonds is 4. The molecule has 0 aromatic heterocycles. The monoisotopic (exact) mass is 247 g/mol. The summed E-state index contributed by atoms with van der Waals surface area (Å²) in [4.78, 5) is 11.4. The summed E-state index contributed by atoms with van der Waals surface area (Å²) in [5.74, 6) is -0.109. The van der Waals surface area contributed by atoms with Gasteiger partial charge in [-0.1, -0.05) is 18.2 Å². The van der Waals surface area contributed by atoms with Gasteiger partial charge >= 0.3 is 5.97 Å². The van der Waals surface area contributed by atoms with Crippen LogP contribution in [0.1, 0.15) is 36.5 Å². The lowest BCUT2D eigenvalue weighted by atomic mass is 9.85. The first-order valence-corrected chi connectivity index (χ1v) is 6.71. The zero-order valence-corrected chi connectivity index (χ0v) is 10.9. The lowest BCUT2D eigenvalue weighted by Crippen LogP contribution is -2.28. The lowest BCUT2D eigenvalue weighted by Gasteiger charge is -2.23. The fourth-order valence-corrected chi connectivity index (χ4v) is 2.62. The van der Waals surface area contributed by atoms with Gasteiger partial charge in [0.1, 0.15) is 0 Å². The Labute approximate surface area is 108 Å². The van der Waals surface area contributed by atoms with Crippen LogP contribution in [0.4, 0.5) is 0 Å². The topological polar surface area (TPSA) is 52.3 Å². The molecule has 0 amide bonds. The number of nitrogens with two attached hydrogens (primary N) is 1. The molecule has 0 fully saturated rings. The quantitative estimate of drug-likeness (QED) is 0.828. The molecule has 0 saturated heterocycles. The number of aryl methyl sites for hydroxylation is 1. The number of carbonyl (C=O) groups excluding carboxylic acids is 1. The molecule has 18 heavy (non-hydrogen) atoms. The number of hydrogen-bond donors (Lipinski definition) is 1. The van der Waals surface area contributed by atoms with Crippen LogP contribution in [0.5, 0.6) is 0 Å². The van der Waals surface area contributed by atoms with E-state index in [0.29, 0.717) is 13.0 Å². The molecular formula is C15H21NO2. The molecule has 2 rings (SSSR count). The summed E-state index contributed by atoms with van der Waals surface area (Å²) in [7, 11) is 0. The zero-order chi connectivity index (χ0) is 13.0. The highest BCUT2D eigenvalue weighted by Gasteiger charge is 2.18. The van der Waals surface area contributed by atoms with Crippen molar-refractivity contribution in [2.24, 2.45) is 5.73 Å². The second kappa shape index (κ2) is 6.01. The first-order valence-electron chi connectivity index (χ1n) is 6.71. The van der Waals surface area contributed by atoms with E-state index in [1.165, 1.54) is 16.7 Å². The Morgan fingerprint density at radius 2 is 2.33 bits per heavy atom. The Bertz CT molecular complexity index is 429. The largest absolute Gasteiger partial charge is 0.466 e. The van der Waals surface area contributed by atoms with Crippen molar-refractivity contribution in [1.29, 1.82) is 0 Å². The summed E-state index contributed by atoms with van der Waals surface area (Å²) in [6.45, 7) is 2.30. The van der Waals surface area contributed by atoms with E-state index >= 15 is 0 Å². The van der Waals surface area contributed by atoms with E-state index in [0.717, 1.165) is 25.7 Å². The van der Waals surface area contributed by atoms with Gasteiger partial charge in [-0.25, -0.2) is 0 Å². The first kappa shape index (κ1) is 13.1. The van der Waals surface area contributed by atoms with Crippen molar-refractivity contribution >= 4 is 5.97 Å². The summed E-state index contributed by atoms with van der Waals surface area (Å²) in [6.07, 6.45) is 4.29. The van der Waals surface area contributed by atoms with E-state index in [-0.39, 0.29) is 12.0 Å². The van der Waals surface area contributed by atoms with Gasteiger partial charge in [0.15, 0.2) is 0 Å². The van der Waals surface area contributed by atoms with Gasteiger partial charge in [-0.05, 0) is 49.3 Å². The summed E-state index contributed by atoms with van der Waals surface area (Å²) in [6, 6.07) is 6.63. The summed E-state index contributed by atoms with van der Waals surface area (Å²) >= 11 is 0. The maximum atomic E-state index is 11.4. The number of benzene rings is 1. The Morgan fingerprint density at radius 3 is 3.11 bits per heavy atom. The van der Waals surface area contributed by atoms with Crippen LogP contribution in [0.25, 0.3) is 0 Å². The molecule has 1 aromatic rings. The molecule has 0 saturated carbocycles. The van der Waals surface area contributed by atoms with Crippen LogP contribution in [0.3, 0.4) is 0 Å². The minimum absolute atomic E-state index is 0.109. The molecule has 1 aromatic carbocycles. The van der Waals surface area contributed by atoms with Gasteiger partial charge in [0, 0.05) is 12.5 Å². The normalized spacial score (nSPS) is 18.2. The summed E-state index contributed by atoms with van der Waals surface area (Å²) < 4.78 is 4.97. The highest BCUT2D eigenvalue weighted by atomic mass is 16.5. The molecule has 0 heterocycles. The maximum Gasteiger partial charge on any atom is 0.306 e. The van der Waals surface area contributed by atoms with Crippen LogP contribution in [0, 0.1) is 0 Å². The summed E-state index contributed by atoms with van der Waals surface area (Å²) in [5, 5.41) is 0. The highest BCUT2D eigenvalue weighted by molar-refractivity contribution is 5.69. The van der Waals surface area contributed by atoms with Crippen molar-refractivity contribution in [3.05, 3.63) is 34.9 Å². The van der Waals surface area contributed by atoms with Crippen LogP contribution < -0.4 is 5.73 Å². The maximum absolute atomic E-state index is 11.4. The third-order valence-corrected chi connectivity index (χ3v) is 3.52. The van der Waals surface area contributed by atoms with Gasteiger partial charge < -0.3 is 10.5 Å². The number of esters is 1. The predicted octanol–water partition coefficient (Wildman–Crippen LogP) is 2.00. The number of carbonyl (C=O) groups is 1. The van der Waals surface area contributed by atoms with Gasteiger partial charge in [0.05, 0.1) is 6.61 Å². The first-order chi connectivity index (χ1) is 8.70. The average molecular weight is 247 g/mol. The third kappa shape index (κ3) is 3.10. The number of fused-ring (bicyclic) bond motifs is 1. The molecule has 3 heteroatoms. The van der Waals surface area contributed by atoms with Crippen molar-refractivity contribution < 1.29 is 9.53 Å². The average Bonchev–Trinajstić information content (AvgIpc) is 2.36. The molecule has 98 valence electrons. The molecule has 0 unspecified atom stereocenters. The SMILES string of the molecule is CCOC(=O)CCc1cccc2c1CC[C@@H](N)C2. The van der Waals surface area contributed by atoms with Crippen molar-refractivity contribution in [1.82, 2.24) is 0 Å². The molecule has 0 bridgehead atoms. The van der Waals surface area contributed by atoms with Crippen LogP contribution in [-0.4, -0.2) is 18.6 Å². The van der Waals surface area contributed by atoms with E-state index < -0.39 is 0 Å². The van der Waals surface area contributed by atoms with Gasteiger partial charge in [0.2, 0.25) is 0 Å². The van der Waals surface area contributed by atoms with Crippen LogP contribution >= 0.6 is 0 Å². The Morgan fingerprint density at radius 1 is 1.50 bits per heavy atom. The van der Waals surface area contributed by atoms with Crippen LogP contribution in [0.15, 0.2) is 18.2 Å². The minimum atomic E-state index is -0.109. The van der Waals surface area contributed by atoms with E-state index in [1.54, 1.807) is 0 Å². The molecular weight excluding hydrogens is 226 g/mol. The van der Waals surface area contributed by atoms with E-state index in [1.807, 2.05) is 6.92 Å². The fraction of sp³-hybridized carbons (Fsp3) is 0.533. The van der Waals surface area contributed by atoms with E-state index in [9.17, 15) is 4.79 Å². The zero-order valence-electron chi connectivity index (χ0n) is 10.9. The Balaban J connectivity index is 2.05. The van der Waals surface area contributed by atoms with Crippen molar-refractivity contribution in [2.75, 3.05) is 6.61 Å². The Kier molecular flexibility index (Phi) is 4.37. The second-order valence-corrected chi connectivity index (χ2v) is 4.86. The van der Waals surface area contributed by atoms with Crippen molar-refractivity contribution in [3.8, 4) is 0 Å². The van der Waals surface area contributed by atoms with Gasteiger partial charge in [-0.15, -0.1) is 0 Å². The van der Waals surface area contributed by atoms with Crippen molar-refractivity contribution in [3.63, 3.8) is 0 Å². The molecule has 1 aliphatic rings. The lowest BCUT2D eigenvalue weighted by molar-refractivity contribution is -0.143. The predicted molar refractivity (Wildman–Crippen MR) is 71.4 cm³/mol. The smallest absolute Gasteiger partial charge is 0.306 e. The number of hydrogen-bond acceptors (Lipinski definition) is 3. The van der Waals surface area contributed by atoms with Gasteiger partial charge in [-0.2, -0.15) is 0 Å². The second-order valence-electron chi connectivity index (χ2n) is 4.86. The molecule has 0 radical (unpaired) electrons. The fourth-order valence-electron chi connectivity index (χ4n) is 2.62. The highest BCUT2D eigenvalue weighted by Crippen LogP contribution is 2.25. The van der Waals surface area contributed by atoms with Gasteiger partial charge in [-0.3, -0.25) is 4.79 Å². The van der Waals surface area contributed by atoms with Crippen LogP contribution in [0.2, 0.25) is 0 Å². The molecule has 1 atom stereocenters. The minimum Gasteiger partial charge on any atom is -0.466 e. The summed E-state index contributed by atoms with van der Waals surface area (Å²) in [5.41, 5.74) is 10.0. The standard InChI is InChI=1S/C15H21NO2/c1-2-18-15(17)9-6-11-4-3-5-12-10-13(16)7-8-14(11)12/h3-5,13H,2,6-10,16H2,1H3/t13-/m1/s1. The van der Waals surface area contributed by atoms with Crippen LogP contribution in [-0.2, 0) is 28.8 Å². The molecule has 0 spiro atoms. The molecule has 3 nitrogen and oxygen atoms in total.